The van der Waals surface area contributed by atoms with Crippen LogP contribution in [0.5, 0.6) is 0 Å². The van der Waals surface area contributed by atoms with Crippen LogP contribution >= 0.6 is 11.3 Å². The summed E-state index contributed by atoms with van der Waals surface area (Å²) >= 11 is 1.89. The van der Waals surface area contributed by atoms with Gasteiger partial charge in [0.2, 0.25) is 0 Å². The van der Waals surface area contributed by atoms with Crippen molar-refractivity contribution in [2.24, 2.45) is 0 Å². The number of rotatable bonds is 1. The molecule has 1 heteroatoms. The van der Waals surface area contributed by atoms with Gasteiger partial charge in [-0.2, -0.15) is 0 Å². The highest BCUT2D eigenvalue weighted by molar-refractivity contribution is 7.25. The highest BCUT2D eigenvalue weighted by Crippen LogP contribution is 2.40. The van der Waals surface area contributed by atoms with Crippen LogP contribution in [0.25, 0.3) is 74.4 Å². The smallest absolute Gasteiger partial charge is 0.0361 e. The van der Waals surface area contributed by atoms with E-state index in [1.807, 2.05) is 11.3 Å². The molecule has 0 N–H and O–H groups in total. The lowest BCUT2D eigenvalue weighted by Crippen LogP contribution is -1.85. The van der Waals surface area contributed by atoms with Gasteiger partial charge in [-0.1, -0.05) is 91.0 Å². The average Bonchev–Trinajstić information content (AvgIpc) is 3.28. The first-order chi connectivity index (χ1) is 17.3. The Balaban J connectivity index is 1.40. The molecule has 0 amide bonds. The van der Waals surface area contributed by atoms with Crippen LogP contribution in [0, 0.1) is 0 Å². The maximum absolute atomic E-state index is 2.38. The van der Waals surface area contributed by atoms with Crippen LogP contribution in [0.3, 0.4) is 0 Å². The van der Waals surface area contributed by atoms with Gasteiger partial charge in [0, 0.05) is 20.2 Å². The second-order valence-corrected chi connectivity index (χ2v) is 10.4. The van der Waals surface area contributed by atoms with E-state index in [1.165, 1.54) is 74.4 Å². The van der Waals surface area contributed by atoms with Crippen molar-refractivity contribution in [1.29, 1.82) is 0 Å². The summed E-state index contributed by atoms with van der Waals surface area (Å²) in [6.07, 6.45) is 0. The number of hydrogen-bond donors (Lipinski definition) is 0. The monoisotopic (exact) mass is 460 g/mol. The Morgan fingerprint density at radius 1 is 0.314 bits per heavy atom. The van der Waals surface area contributed by atoms with E-state index in [0.29, 0.717) is 0 Å². The van der Waals surface area contributed by atoms with Gasteiger partial charge in [0.1, 0.15) is 0 Å². The Morgan fingerprint density at radius 3 is 1.49 bits per heavy atom. The summed E-state index contributed by atoms with van der Waals surface area (Å²) in [5.74, 6) is 0. The van der Waals surface area contributed by atoms with Crippen LogP contribution in [0.2, 0.25) is 0 Å². The molecule has 0 saturated carbocycles. The Labute approximate surface area is 206 Å². The maximum atomic E-state index is 2.38. The molecule has 0 spiro atoms. The largest absolute Gasteiger partial charge is 0.135 e. The summed E-state index contributed by atoms with van der Waals surface area (Å²) in [5, 5.41) is 13.2. The van der Waals surface area contributed by atoms with Crippen molar-refractivity contribution in [2.45, 2.75) is 0 Å². The van der Waals surface area contributed by atoms with Crippen molar-refractivity contribution in [3.63, 3.8) is 0 Å². The lowest BCUT2D eigenvalue weighted by Gasteiger charge is -2.12. The number of benzene rings is 7. The fourth-order valence-electron chi connectivity index (χ4n) is 5.73. The molecule has 0 bridgehead atoms. The fraction of sp³-hybridized carbons (Fsp3) is 0. The first kappa shape index (κ1) is 19.1. The Hall–Kier alpha value is -4.20. The van der Waals surface area contributed by atoms with Gasteiger partial charge in [0.05, 0.1) is 0 Å². The van der Waals surface area contributed by atoms with E-state index in [-0.39, 0.29) is 0 Å². The second kappa shape index (κ2) is 7.15. The van der Waals surface area contributed by atoms with E-state index in [0.717, 1.165) is 0 Å². The van der Waals surface area contributed by atoms with Gasteiger partial charge >= 0.3 is 0 Å². The van der Waals surface area contributed by atoms with Crippen LogP contribution in [0.1, 0.15) is 0 Å². The molecule has 0 aliphatic carbocycles. The summed E-state index contributed by atoms with van der Waals surface area (Å²) in [4.78, 5) is 0. The van der Waals surface area contributed by atoms with E-state index < -0.39 is 0 Å². The molecular weight excluding hydrogens is 440 g/mol. The van der Waals surface area contributed by atoms with E-state index in [9.17, 15) is 0 Å². The van der Waals surface area contributed by atoms with Gasteiger partial charge in [-0.25, -0.2) is 0 Å². The first-order valence-electron chi connectivity index (χ1n) is 12.0. The predicted molar refractivity (Wildman–Crippen MR) is 155 cm³/mol. The Kier molecular flexibility index (Phi) is 3.91. The molecule has 8 rings (SSSR count). The van der Waals surface area contributed by atoms with Crippen molar-refractivity contribution >= 4 is 74.6 Å². The summed E-state index contributed by atoms with van der Waals surface area (Å²) in [6.45, 7) is 0. The van der Waals surface area contributed by atoms with E-state index in [4.69, 9.17) is 0 Å². The molecule has 35 heavy (non-hydrogen) atoms. The van der Waals surface area contributed by atoms with E-state index >= 15 is 0 Å². The van der Waals surface area contributed by atoms with Crippen molar-refractivity contribution in [3.05, 3.63) is 121 Å². The Morgan fingerprint density at radius 2 is 0.800 bits per heavy atom. The molecule has 0 saturated heterocycles. The quantitative estimate of drug-likeness (QED) is 0.214. The SMILES string of the molecule is c1ccc2cc3c(cc2c1)sc1ccc(-c2ccc4c5ccccc5c5ccccc5c4c2)cc13. The maximum Gasteiger partial charge on any atom is 0.0361 e. The van der Waals surface area contributed by atoms with Gasteiger partial charge in [-0.3, -0.25) is 0 Å². The van der Waals surface area contributed by atoms with Crippen LogP contribution in [-0.4, -0.2) is 0 Å². The highest BCUT2D eigenvalue weighted by atomic mass is 32.1. The minimum atomic E-state index is 1.26. The third kappa shape index (κ3) is 2.79. The van der Waals surface area contributed by atoms with Gasteiger partial charge in [-0.05, 0) is 84.5 Å². The highest BCUT2D eigenvalue weighted by Gasteiger charge is 2.11. The van der Waals surface area contributed by atoms with Crippen LogP contribution < -0.4 is 0 Å². The summed E-state index contributed by atoms with van der Waals surface area (Å²) in [5.41, 5.74) is 2.53. The minimum Gasteiger partial charge on any atom is -0.135 e. The zero-order chi connectivity index (χ0) is 22.9. The van der Waals surface area contributed by atoms with Gasteiger partial charge in [-0.15, -0.1) is 11.3 Å². The summed E-state index contributed by atoms with van der Waals surface area (Å²) in [6, 6.07) is 44.8. The molecule has 1 heterocycles. The second-order valence-electron chi connectivity index (χ2n) is 9.36. The summed E-state index contributed by atoms with van der Waals surface area (Å²) < 4.78 is 2.70. The van der Waals surface area contributed by atoms with Crippen molar-refractivity contribution < 1.29 is 0 Å². The number of thiophene rings is 1. The molecule has 0 fully saturated rings. The van der Waals surface area contributed by atoms with Gasteiger partial charge in [0.25, 0.3) is 0 Å². The van der Waals surface area contributed by atoms with Gasteiger partial charge in [0.15, 0.2) is 0 Å². The van der Waals surface area contributed by atoms with Crippen LogP contribution in [0.4, 0.5) is 0 Å². The standard InChI is InChI=1S/C34H20S/c1-2-8-22-20-34-32(18-21(22)7-1)31-19-24(14-16-33(31)35-34)23-13-15-29-27-11-4-3-9-25(27)26-10-5-6-12-28(26)30(29)17-23/h1-20H. The molecule has 0 unspecified atom stereocenters. The minimum absolute atomic E-state index is 1.26. The zero-order valence-electron chi connectivity index (χ0n) is 19.0. The predicted octanol–water partition coefficient (Wildman–Crippen LogP) is 10.3. The molecule has 0 aliphatic rings. The lowest BCUT2D eigenvalue weighted by atomic mass is 9.92. The normalized spacial score (nSPS) is 12.0. The molecule has 0 radical (unpaired) electrons. The molecular formula is C34H20S. The van der Waals surface area contributed by atoms with Crippen molar-refractivity contribution in [1.82, 2.24) is 0 Å². The molecule has 8 aromatic rings. The van der Waals surface area contributed by atoms with E-state index in [1.54, 1.807) is 0 Å². The van der Waals surface area contributed by atoms with Gasteiger partial charge < -0.3 is 0 Å². The fourth-order valence-corrected chi connectivity index (χ4v) is 6.85. The third-order valence-corrected chi connectivity index (χ3v) is 8.55. The number of fused-ring (bicyclic) bond motifs is 10. The van der Waals surface area contributed by atoms with E-state index in [2.05, 4.69) is 121 Å². The van der Waals surface area contributed by atoms with Crippen LogP contribution in [-0.2, 0) is 0 Å². The lowest BCUT2D eigenvalue weighted by molar-refractivity contribution is 1.71. The molecule has 0 aliphatic heterocycles. The van der Waals surface area contributed by atoms with Crippen molar-refractivity contribution in [3.8, 4) is 11.1 Å². The average molecular weight is 461 g/mol. The Bertz CT molecular complexity index is 2070. The molecule has 1 aromatic heterocycles. The van der Waals surface area contributed by atoms with Crippen molar-refractivity contribution in [2.75, 3.05) is 0 Å². The third-order valence-electron chi connectivity index (χ3n) is 7.42. The molecule has 7 aromatic carbocycles. The first-order valence-corrected chi connectivity index (χ1v) is 12.8. The zero-order valence-corrected chi connectivity index (χ0v) is 19.8. The summed E-state index contributed by atoms with van der Waals surface area (Å²) in [7, 11) is 0. The molecule has 162 valence electrons. The topological polar surface area (TPSA) is 0 Å². The molecule has 0 atom stereocenters. The van der Waals surface area contributed by atoms with Crippen LogP contribution in [0.15, 0.2) is 121 Å². The number of hydrogen-bond acceptors (Lipinski definition) is 1. The molecule has 0 nitrogen and oxygen atoms in total.